The Hall–Kier alpha value is -0.820. The van der Waals surface area contributed by atoms with E-state index in [1.807, 2.05) is 0 Å². The van der Waals surface area contributed by atoms with Crippen molar-refractivity contribution in [3.05, 3.63) is 35.4 Å². The van der Waals surface area contributed by atoms with Crippen molar-refractivity contribution in [1.29, 1.82) is 0 Å². The second-order valence-electron chi connectivity index (χ2n) is 4.41. The van der Waals surface area contributed by atoms with Gasteiger partial charge in [-0.1, -0.05) is 37.6 Å². The number of benzene rings is 1. The summed E-state index contributed by atoms with van der Waals surface area (Å²) in [6.07, 6.45) is 2.46. The summed E-state index contributed by atoms with van der Waals surface area (Å²) in [7, 11) is 2.19. The van der Waals surface area contributed by atoms with Gasteiger partial charge in [0.1, 0.15) is 0 Å². The average molecular weight is 189 g/mol. The SMILES string of the molecule is CCCc1cccc(C2CN(C)C2)c1. The molecule has 2 rings (SSSR count). The molecule has 0 N–H and O–H groups in total. The van der Waals surface area contributed by atoms with E-state index >= 15 is 0 Å². The van der Waals surface area contributed by atoms with Gasteiger partial charge >= 0.3 is 0 Å². The molecule has 0 spiro atoms. The summed E-state index contributed by atoms with van der Waals surface area (Å²) in [5.74, 6) is 0.789. The van der Waals surface area contributed by atoms with Gasteiger partial charge in [0.25, 0.3) is 0 Å². The molecule has 1 aromatic carbocycles. The van der Waals surface area contributed by atoms with Crippen molar-refractivity contribution in [2.45, 2.75) is 25.7 Å². The lowest BCUT2D eigenvalue weighted by Gasteiger charge is -2.36. The third-order valence-electron chi connectivity index (χ3n) is 3.03. The molecule has 1 nitrogen and oxygen atoms in total. The van der Waals surface area contributed by atoms with Crippen molar-refractivity contribution in [2.24, 2.45) is 0 Å². The molecule has 0 amide bonds. The summed E-state index contributed by atoms with van der Waals surface area (Å²) in [5, 5.41) is 0. The summed E-state index contributed by atoms with van der Waals surface area (Å²) in [5.41, 5.74) is 3.04. The second-order valence-corrected chi connectivity index (χ2v) is 4.41. The maximum absolute atomic E-state index is 2.39. The number of hydrogen-bond donors (Lipinski definition) is 0. The van der Waals surface area contributed by atoms with Crippen LogP contribution >= 0.6 is 0 Å². The van der Waals surface area contributed by atoms with Crippen LogP contribution in [0.4, 0.5) is 0 Å². The molecule has 1 aromatic rings. The first kappa shape index (κ1) is 9.72. The summed E-state index contributed by atoms with van der Waals surface area (Å²) in [6.45, 7) is 4.70. The van der Waals surface area contributed by atoms with Crippen molar-refractivity contribution in [3.63, 3.8) is 0 Å². The fourth-order valence-corrected chi connectivity index (χ4v) is 2.20. The number of likely N-dealkylation sites (N-methyl/N-ethyl adjacent to an activating group) is 1. The van der Waals surface area contributed by atoms with Gasteiger partial charge in [0.05, 0.1) is 0 Å². The first-order valence-corrected chi connectivity index (χ1v) is 5.57. The molecule has 1 heteroatoms. The normalized spacial score (nSPS) is 18.1. The van der Waals surface area contributed by atoms with E-state index in [4.69, 9.17) is 0 Å². The van der Waals surface area contributed by atoms with E-state index < -0.39 is 0 Å². The lowest BCUT2D eigenvalue weighted by Crippen LogP contribution is -2.41. The number of aryl methyl sites for hydroxylation is 1. The molecular formula is C13H19N. The lowest BCUT2D eigenvalue weighted by atomic mass is 9.90. The Morgan fingerprint density at radius 3 is 2.79 bits per heavy atom. The molecule has 0 unspecified atom stereocenters. The van der Waals surface area contributed by atoms with Crippen molar-refractivity contribution in [1.82, 2.24) is 4.90 Å². The van der Waals surface area contributed by atoms with Gasteiger partial charge in [0.2, 0.25) is 0 Å². The summed E-state index contributed by atoms with van der Waals surface area (Å²) in [4.78, 5) is 2.37. The van der Waals surface area contributed by atoms with Crippen molar-refractivity contribution in [2.75, 3.05) is 20.1 Å². The average Bonchev–Trinajstić information content (AvgIpc) is 2.14. The van der Waals surface area contributed by atoms with Gasteiger partial charge in [-0.2, -0.15) is 0 Å². The molecule has 0 atom stereocenters. The molecule has 1 aliphatic heterocycles. The third kappa shape index (κ3) is 1.98. The zero-order valence-corrected chi connectivity index (χ0v) is 9.16. The Morgan fingerprint density at radius 2 is 2.14 bits per heavy atom. The molecular weight excluding hydrogens is 170 g/mol. The minimum Gasteiger partial charge on any atom is -0.305 e. The van der Waals surface area contributed by atoms with E-state index in [1.165, 1.54) is 37.1 Å². The second kappa shape index (κ2) is 4.14. The Morgan fingerprint density at radius 1 is 1.36 bits per heavy atom. The highest BCUT2D eigenvalue weighted by molar-refractivity contribution is 5.28. The smallest absolute Gasteiger partial charge is 0.00934 e. The molecule has 1 saturated heterocycles. The number of likely N-dealkylation sites (tertiary alicyclic amines) is 1. The number of hydrogen-bond acceptors (Lipinski definition) is 1. The quantitative estimate of drug-likeness (QED) is 0.706. The lowest BCUT2D eigenvalue weighted by molar-refractivity contribution is 0.189. The number of nitrogens with zero attached hydrogens (tertiary/aromatic N) is 1. The topological polar surface area (TPSA) is 3.24 Å². The molecule has 1 aliphatic rings. The van der Waals surface area contributed by atoms with Crippen LogP contribution in [0.15, 0.2) is 24.3 Å². The largest absolute Gasteiger partial charge is 0.305 e. The van der Waals surface area contributed by atoms with Gasteiger partial charge in [0, 0.05) is 19.0 Å². The van der Waals surface area contributed by atoms with E-state index in [0.717, 1.165) is 5.92 Å². The van der Waals surface area contributed by atoms with E-state index in [9.17, 15) is 0 Å². The molecule has 0 aromatic heterocycles. The van der Waals surface area contributed by atoms with Gasteiger partial charge in [0.15, 0.2) is 0 Å². The highest BCUT2D eigenvalue weighted by atomic mass is 15.2. The van der Waals surface area contributed by atoms with Gasteiger partial charge in [-0.25, -0.2) is 0 Å². The van der Waals surface area contributed by atoms with Gasteiger partial charge in [-0.3, -0.25) is 0 Å². The summed E-state index contributed by atoms with van der Waals surface area (Å²) in [6, 6.07) is 9.12. The molecule has 14 heavy (non-hydrogen) atoms. The minimum absolute atomic E-state index is 0.789. The minimum atomic E-state index is 0.789. The molecule has 1 fully saturated rings. The standard InChI is InChI=1S/C13H19N/c1-3-5-11-6-4-7-12(8-11)13-9-14(2)10-13/h4,6-8,13H,3,5,9-10H2,1-2H3. The van der Waals surface area contributed by atoms with E-state index in [0.29, 0.717) is 0 Å². The van der Waals surface area contributed by atoms with Crippen molar-refractivity contribution < 1.29 is 0 Å². The van der Waals surface area contributed by atoms with Crippen LogP contribution in [0, 0.1) is 0 Å². The van der Waals surface area contributed by atoms with Crippen LogP contribution in [0.3, 0.4) is 0 Å². The molecule has 1 heterocycles. The highest BCUT2D eigenvalue weighted by Gasteiger charge is 2.24. The summed E-state index contributed by atoms with van der Waals surface area (Å²) >= 11 is 0. The highest BCUT2D eigenvalue weighted by Crippen LogP contribution is 2.26. The maximum Gasteiger partial charge on any atom is 0.00934 e. The predicted octanol–water partition coefficient (Wildman–Crippen LogP) is 2.67. The van der Waals surface area contributed by atoms with Crippen LogP contribution in [0.5, 0.6) is 0 Å². The Bertz CT molecular complexity index is 300. The monoisotopic (exact) mass is 189 g/mol. The van der Waals surface area contributed by atoms with Crippen molar-refractivity contribution >= 4 is 0 Å². The Labute approximate surface area is 86.7 Å². The number of rotatable bonds is 3. The Balaban J connectivity index is 2.06. The van der Waals surface area contributed by atoms with Crippen LogP contribution in [-0.2, 0) is 6.42 Å². The van der Waals surface area contributed by atoms with Crippen LogP contribution in [0.1, 0.15) is 30.4 Å². The first-order chi connectivity index (χ1) is 6.79. The zero-order chi connectivity index (χ0) is 9.97. The molecule has 76 valence electrons. The maximum atomic E-state index is 2.39. The molecule has 0 aliphatic carbocycles. The zero-order valence-electron chi connectivity index (χ0n) is 9.16. The third-order valence-corrected chi connectivity index (χ3v) is 3.03. The van der Waals surface area contributed by atoms with Crippen LogP contribution in [-0.4, -0.2) is 25.0 Å². The van der Waals surface area contributed by atoms with Crippen LogP contribution in [0.2, 0.25) is 0 Å². The fourth-order valence-electron chi connectivity index (χ4n) is 2.20. The van der Waals surface area contributed by atoms with Crippen LogP contribution < -0.4 is 0 Å². The van der Waals surface area contributed by atoms with Gasteiger partial charge in [-0.15, -0.1) is 0 Å². The van der Waals surface area contributed by atoms with Crippen LogP contribution in [0.25, 0.3) is 0 Å². The molecule has 0 bridgehead atoms. The van der Waals surface area contributed by atoms with E-state index in [1.54, 1.807) is 0 Å². The van der Waals surface area contributed by atoms with E-state index in [2.05, 4.69) is 43.1 Å². The molecule has 0 radical (unpaired) electrons. The van der Waals surface area contributed by atoms with Crippen molar-refractivity contribution in [3.8, 4) is 0 Å². The summed E-state index contributed by atoms with van der Waals surface area (Å²) < 4.78 is 0. The first-order valence-electron chi connectivity index (χ1n) is 5.57. The Kier molecular flexibility index (Phi) is 2.87. The predicted molar refractivity (Wildman–Crippen MR) is 60.7 cm³/mol. The fraction of sp³-hybridized carbons (Fsp3) is 0.538. The van der Waals surface area contributed by atoms with Gasteiger partial charge in [-0.05, 0) is 24.6 Å². The van der Waals surface area contributed by atoms with E-state index in [-0.39, 0.29) is 0 Å². The van der Waals surface area contributed by atoms with Gasteiger partial charge < -0.3 is 4.90 Å². The molecule has 0 saturated carbocycles.